The number of ether oxygens (including phenoxy) is 2. The second-order valence-corrected chi connectivity index (χ2v) is 14.0. The Kier molecular flexibility index (Phi) is 17.0. The summed E-state index contributed by atoms with van der Waals surface area (Å²) >= 11 is 6.30. The molecule has 2 saturated heterocycles. The first-order valence-electron chi connectivity index (χ1n) is 17.1. The Labute approximate surface area is 346 Å². The monoisotopic (exact) mass is 1070 g/mol. The molecule has 10 nitrogen and oxygen atoms in total. The second kappa shape index (κ2) is 21.1. The number of aromatic nitrogens is 2. The average Bonchev–Trinajstić information content (AvgIpc) is 3.18. The van der Waals surface area contributed by atoms with E-state index in [1.54, 1.807) is 18.2 Å². The van der Waals surface area contributed by atoms with Gasteiger partial charge < -0.3 is 30.7 Å². The number of nitrogens with zero attached hydrogens (tertiary/aromatic N) is 4. The number of likely N-dealkylation sites (tertiary alicyclic amines) is 2. The van der Waals surface area contributed by atoms with Crippen LogP contribution < -0.4 is 20.9 Å². The average molecular weight is 1070 g/mol. The molecule has 0 aliphatic carbocycles. The van der Waals surface area contributed by atoms with Crippen molar-refractivity contribution < 1.29 is 27.8 Å². The molecular weight excluding hydrogens is 1020 g/mol. The van der Waals surface area contributed by atoms with Crippen LogP contribution in [0.3, 0.4) is 0 Å². The number of amides is 2. The summed E-state index contributed by atoms with van der Waals surface area (Å²) in [5.41, 5.74) is 14.6. The maximum absolute atomic E-state index is 13.0. The molecular formula is C38H43F2I3N6O4. The van der Waals surface area contributed by atoms with Crippen LogP contribution in [0.25, 0.3) is 0 Å². The smallest absolute Gasteiger partial charge is 0.259 e. The third-order valence-corrected chi connectivity index (χ3v) is 10.2. The molecule has 2 amide bonds. The molecule has 0 atom stereocenters. The highest BCUT2D eigenvalue weighted by molar-refractivity contribution is 15.0. The van der Waals surface area contributed by atoms with E-state index >= 15 is 0 Å². The number of nitrogen functional groups attached to an aromatic ring is 2. The largest absolute Gasteiger partial charge is 0.480 e. The van der Waals surface area contributed by atoms with Crippen LogP contribution in [0, 0.1) is 27.0 Å². The lowest BCUT2D eigenvalue weighted by atomic mass is 9.90. The topological polar surface area (TPSA) is 137 Å². The van der Waals surface area contributed by atoms with E-state index in [2.05, 4.69) is 69.8 Å². The van der Waals surface area contributed by atoms with Crippen molar-refractivity contribution in [3.05, 3.63) is 104 Å². The molecule has 0 radical (unpaired) electrons. The zero-order valence-corrected chi connectivity index (χ0v) is 36.0. The molecule has 0 spiro atoms. The molecule has 0 saturated carbocycles. The summed E-state index contributed by atoms with van der Waals surface area (Å²) in [4.78, 5) is 37.5. The minimum atomic E-state index is -0.213. The highest BCUT2D eigenvalue weighted by atomic mass is 128. The van der Waals surface area contributed by atoms with Crippen molar-refractivity contribution in [2.45, 2.75) is 38.5 Å². The van der Waals surface area contributed by atoms with Gasteiger partial charge in [-0.25, -0.2) is 8.78 Å². The van der Waals surface area contributed by atoms with Crippen LogP contribution in [0.1, 0.15) is 57.5 Å². The van der Waals surface area contributed by atoms with Crippen molar-refractivity contribution in [2.75, 3.05) is 51.9 Å². The quantitative estimate of drug-likeness (QED) is 0.169. The normalized spacial score (nSPS) is 14.7. The molecule has 0 unspecified atom stereocenters. The Morgan fingerprint density at radius 1 is 0.698 bits per heavy atom. The van der Waals surface area contributed by atoms with Gasteiger partial charge in [0.15, 0.2) is 0 Å². The Balaban J connectivity index is 0.000000226. The first-order valence-corrected chi connectivity index (χ1v) is 24.4. The number of pyridine rings is 2. The van der Waals surface area contributed by atoms with Gasteiger partial charge in [-0.2, -0.15) is 9.97 Å². The molecule has 6 rings (SSSR count). The van der Waals surface area contributed by atoms with E-state index in [4.69, 9.17) is 20.9 Å². The number of nitrogens with two attached hydrogens (primary N) is 2. The predicted molar refractivity (Wildman–Crippen MR) is 229 cm³/mol. The van der Waals surface area contributed by atoms with Crippen LogP contribution in [0.5, 0.6) is 11.8 Å². The van der Waals surface area contributed by atoms with Gasteiger partial charge in [-0.1, -0.05) is 24.3 Å². The number of carbonyl (C=O) groups is 2. The van der Waals surface area contributed by atoms with Gasteiger partial charge in [0, 0.05) is 63.4 Å². The maximum Gasteiger partial charge on any atom is 0.259 e. The molecule has 4 heterocycles. The van der Waals surface area contributed by atoms with E-state index in [9.17, 15) is 18.4 Å². The molecule has 2 aliphatic heterocycles. The first-order chi connectivity index (χ1) is 25.5. The van der Waals surface area contributed by atoms with E-state index in [0.717, 1.165) is 53.2 Å². The summed E-state index contributed by atoms with van der Waals surface area (Å²) in [6, 6.07) is 18.3. The predicted octanol–water partition coefficient (Wildman–Crippen LogP) is 8.19. The fourth-order valence-corrected chi connectivity index (χ4v) is 6.93. The first kappa shape index (κ1) is 42.7. The Morgan fingerprint density at radius 2 is 1.11 bits per heavy atom. The zero-order chi connectivity index (χ0) is 38.5. The Morgan fingerprint density at radius 3 is 1.55 bits per heavy atom. The van der Waals surface area contributed by atoms with Crippen LogP contribution in [-0.4, -0.2) is 72.0 Å². The van der Waals surface area contributed by atoms with Crippen LogP contribution in [-0.2, 0) is 12.8 Å². The molecule has 4 aromatic rings. The number of halogens is 5. The number of rotatable bonds is 8. The summed E-state index contributed by atoms with van der Waals surface area (Å²) in [5.74, 6) is 1.63. The molecule has 0 bridgehead atoms. The van der Waals surface area contributed by atoms with Crippen LogP contribution in [0.15, 0.2) is 66.7 Å². The van der Waals surface area contributed by atoms with Crippen LogP contribution in [0.2, 0.25) is 0 Å². The number of carbonyl (C=O) groups excluding carboxylic acids is 2. The van der Waals surface area contributed by atoms with E-state index in [0.29, 0.717) is 60.8 Å². The van der Waals surface area contributed by atoms with Crippen LogP contribution in [0.4, 0.5) is 20.4 Å². The van der Waals surface area contributed by atoms with Crippen molar-refractivity contribution in [1.29, 1.82) is 0 Å². The number of anilines is 2. The lowest BCUT2D eigenvalue weighted by molar-refractivity contribution is 0.0678. The summed E-state index contributed by atoms with van der Waals surface area (Å²) in [5, 5.41) is 0. The third-order valence-electron chi connectivity index (χ3n) is 9.38. The van der Waals surface area contributed by atoms with Gasteiger partial charge in [-0.05, 0) is 127 Å². The number of methoxy groups -OCH3 is 2. The lowest BCUT2D eigenvalue weighted by Crippen LogP contribution is -2.39. The van der Waals surface area contributed by atoms with E-state index < -0.39 is 0 Å². The van der Waals surface area contributed by atoms with Gasteiger partial charge in [0.05, 0.1) is 17.8 Å². The number of benzene rings is 2. The van der Waals surface area contributed by atoms with Crippen molar-refractivity contribution in [3.8, 4) is 11.8 Å². The third kappa shape index (κ3) is 12.2. The molecule has 2 aliphatic rings. The highest BCUT2D eigenvalue weighted by Gasteiger charge is 2.28. The zero-order valence-electron chi connectivity index (χ0n) is 29.5. The van der Waals surface area contributed by atoms with Gasteiger partial charge >= 0.3 is 0 Å². The highest BCUT2D eigenvalue weighted by Crippen LogP contribution is 2.28. The summed E-state index contributed by atoms with van der Waals surface area (Å²) in [7, 11) is 2.97. The van der Waals surface area contributed by atoms with Gasteiger partial charge in [0.25, 0.3) is 11.8 Å². The molecule has 284 valence electrons. The molecule has 2 aromatic carbocycles. The minimum absolute atomic E-state index is 0.0764. The lowest BCUT2D eigenvalue weighted by Gasteiger charge is -2.32. The van der Waals surface area contributed by atoms with Crippen molar-refractivity contribution in [2.24, 2.45) is 11.8 Å². The summed E-state index contributed by atoms with van der Waals surface area (Å²) in [6.45, 7) is 2.76. The van der Waals surface area contributed by atoms with Crippen molar-refractivity contribution >= 4 is 83.3 Å². The summed E-state index contributed by atoms with van der Waals surface area (Å²) < 4.78 is 37.1. The van der Waals surface area contributed by atoms with E-state index in [-0.39, 0.29) is 35.2 Å². The molecule has 2 aromatic heterocycles. The van der Waals surface area contributed by atoms with Crippen molar-refractivity contribution in [1.82, 2.24) is 19.8 Å². The fourth-order valence-electron chi connectivity index (χ4n) is 6.50. The fraction of sp³-hybridized carbons (Fsp3) is 0.368. The standard InChI is InChI=1S/C19H21FIN3O2.C19H22FN3O2.I2/c1-26-18-15(11-16(21)17(22)23-18)19(25)24-8-6-13(7-9-24)10-12-2-4-14(20)5-3-12;1-25-18-16(6-7-17(21)22-18)19(24)23-10-8-14(9-11-23)12-13-2-4-15(20)5-3-13;1-2/h2-5,11,13H,6-10H2,1H3,(H2,22,23);2-7,14H,8-12H2,1H3,(H2,21,22);. The Bertz CT molecular complexity index is 1810. The molecule has 4 N–H and O–H groups in total. The number of hydrogen-bond acceptors (Lipinski definition) is 8. The van der Waals surface area contributed by atoms with E-state index in [1.165, 1.54) is 38.5 Å². The SMILES string of the molecule is COc1nc(N)c(I)cc1C(=O)N1CCC(Cc2ccc(F)cc2)CC1.COc1nc(N)ccc1C(=O)N1CCC(Cc2ccc(F)cc2)CC1.II. The van der Waals surface area contributed by atoms with E-state index in [1.807, 2.05) is 34.1 Å². The second-order valence-electron chi connectivity index (χ2n) is 12.8. The molecule has 53 heavy (non-hydrogen) atoms. The van der Waals surface area contributed by atoms with Gasteiger partial charge in [-0.15, -0.1) is 0 Å². The number of piperidine rings is 2. The minimum Gasteiger partial charge on any atom is -0.480 e. The summed E-state index contributed by atoms with van der Waals surface area (Å²) in [6.07, 6.45) is 5.51. The number of hydrogen-bond donors (Lipinski definition) is 2. The Hall–Kier alpha value is -3.07. The maximum atomic E-state index is 13.0. The van der Waals surface area contributed by atoms with Gasteiger partial charge in [-0.3, -0.25) is 9.59 Å². The molecule has 15 heteroatoms. The van der Waals surface area contributed by atoms with Gasteiger partial charge in [0.1, 0.15) is 34.4 Å². The van der Waals surface area contributed by atoms with Gasteiger partial charge in [0.2, 0.25) is 11.8 Å². The van der Waals surface area contributed by atoms with Crippen LogP contribution >= 0.6 is 59.8 Å². The molecule has 2 fully saturated rings. The van der Waals surface area contributed by atoms with Crippen molar-refractivity contribution in [3.63, 3.8) is 0 Å².